The molecular weight excluding hydrogens is 562 g/mol. The zero-order valence-corrected chi connectivity index (χ0v) is 24.8. The van der Waals surface area contributed by atoms with E-state index in [-0.39, 0.29) is 0 Å². The minimum atomic E-state index is -1.08. The van der Waals surface area contributed by atoms with E-state index in [0.717, 1.165) is 28.0 Å². The van der Waals surface area contributed by atoms with Crippen LogP contribution in [0.4, 0.5) is 0 Å². The van der Waals surface area contributed by atoms with Crippen LogP contribution in [-0.4, -0.2) is 52.1 Å². The van der Waals surface area contributed by atoms with Gasteiger partial charge in [-0.15, -0.1) is 15.3 Å². The molecule has 0 saturated carbocycles. The molecule has 10 nitrogen and oxygen atoms in total. The van der Waals surface area contributed by atoms with Gasteiger partial charge in [-0.25, -0.2) is 14.0 Å². The van der Waals surface area contributed by atoms with Gasteiger partial charge in [0.15, 0.2) is 0 Å². The van der Waals surface area contributed by atoms with E-state index in [2.05, 4.69) is 52.0 Å². The van der Waals surface area contributed by atoms with Crippen LogP contribution in [0.5, 0.6) is 5.75 Å². The molecule has 0 unspecified atom stereocenters. The maximum Gasteiger partial charge on any atom is 0.132 e. The Labute approximate surface area is 260 Å². The van der Waals surface area contributed by atoms with Gasteiger partial charge in [-0.05, 0) is 34.4 Å². The summed E-state index contributed by atoms with van der Waals surface area (Å²) < 4.78 is 11.0. The van der Waals surface area contributed by atoms with Crippen LogP contribution in [0.15, 0.2) is 134 Å². The van der Waals surface area contributed by atoms with Crippen LogP contribution in [0.1, 0.15) is 39.3 Å². The number of benzene rings is 4. The molecule has 0 aliphatic rings. The molecule has 0 radical (unpaired) electrons. The molecule has 3 aromatic heterocycles. The lowest BCUT2D eigenvalue weighted by Crippen LogP contribution is -2.33. The Morgan fingerprint density at radius 3 is 1.18 bits per heavy atom. The van der Waals surface area contributed by atoms with Crippen molar-refractivity contribution in [3.63, 3.8) is 0 Å². The van der Waals surface area contributed by atoms with Crippen molar-refractivity contribution < 1.29 is 4.74 Å². The van der Waals surface area contributed by atoms with Crippen molar-refractivity contribution in [1.82, 2.24) is 45.0 Å². The maximum absolute atomic E-state index is 5.51. The average Bonchev–Trinajstić information content (AvgIpc) is 3.87. The molecule has 10 heteroatoms. The third-order valence-electron chi connectivity index (χ3n) is 7.85. The quantitative estimate of drug-likeness (QED) is 0.208. The Hall–Kier alpha value is -5.90. The van der Waals surface area contributed by atoms with Gasteiger partial charge in [-0.1, -0.05) is 119 Å². The molecule has 4 aromatic carbocycles. The predicted octanol–water partition coefficient (Wildman–Crippen LogP) is 5.00. The second-order valence-electron chi connectivity index (χ2n) is 10.8. The van der Waals surface area contributed by atoms with E-state index in [1.807, 2.05) is 111 Å². The summed E-state index contributed by atoms with van der Waals surface area (Å²) in [4.78, 5) is 0. The van der Waals surface area contributed by atoms with Crippen molar-refractivity contribution in [2.75, 3.05) is 7.11 Å². The first-order valence-corrected chi connectivity index (χ1v) is 14.7. The van der Waals surface area contributed by atoms with E-state index in [1.165, 1.54) is 0 Å². The number of nitrogens with zero attached hydrogens (tertiary/aromatic N) is 9. The minimum absolute atomic E-state index is 0.563. The van der Waals surface area contributed by atoms with Crippen LogP contribution < -0.4 is 4.74 Å². The highest BCUT2D eigenvalue weighted by molar-refractivity contribution is 5.53. The lowest BCUT2D eigenvalue weighted by atomic mass is 9.73. The van der Waals surface area contributed by atoms with Gasteiger partial charge in [0.05, 0.1) is 45.3 Å². The maximum atomic E-state index is 5.51. The molecule has 45 heavy (non-hydrogen) atoms. The van der Waals surface area contributed by atoms with Crippen molar-refractivity contribution >= 4 is 0 Å². The first kappa shape index (κ1) is 27.9. The van der Waals surface area contributed by atoms with Crippen LogP contribution in [0.3, 0.4) is 0 Å². The largest absolute Gasteiger partial charge is 0.497 e. The normalized spacial score (nSPS) is 11.5. The van der Waals surface area contributed by atoms with Gasteiger partial charge in [-0.3, -0.25) is 0 Å². The SMILES string of the molecule is COc1ccc(C(c2cn(Cc3ccccc3)nn2)(c2cn(Cc3ccccc3)nn2)c2cn(Cc3ccccc3)nn2)cc1. The summed E-state index contributed by atoms with van der Waals surface area (Å²) >= 11 is 0. The van der Waals surface area contributed by atoms with Crippen molar-refractivity contribution in [2.24, 2.45) is 0 Å². The molecule has 222 valence electrons. The van der Waals surface area contributed by atoms with Crippen molar-refractivity contribution in [2.45, 2.75) is 25.0 Å². The third-order valence-corrected chi connectivity index (χ3v) is 7.85. The van der Waals surface area contributed by atoms with Crippen LogP contribution in [0.25, 0.3) is 0 Å². The topological polar surface area (TPSA) is 101 Å². The Kier molecular flexibility index (Phi) is 7.67. The van der Waals surface area contributed by atoms with E-state index >= 15 is 0 Å². The summed E-state index contributed by atoms with van der Waals surface area (Å²) in [5, 5.41) is 28.0. The number of rotatable bonds is 11. The molecule has 0 saturated heterocycles. The van der Waals surface area contributed by atoms with Crippen molar-refractivity contribution in [3.05, 3.63) is 173 Å². The first-order chi connectivity index (χ1) is 22.2. The number of ether oxygens (including phenoxy) is 1. The lowest BCUT2D eigenvalue weighted by molar-refractivity contribution is 0.414. The summed E-state index contributed by atoms with van der Waals surface area (Å²) in [6, 6.07) is 38.4. The zero-order valence-electron chi connectivity index (χ0n) is 24.8. The van der Waals surface area contributed by atoms with Gasteiger partial charge in [0, 0.05) is 0 Å². The average molecular weight is 594 g/mol. The second kappa shape index (κ2) is 12.4. The van der Waals surface area contributed by atoms with Gasteiger partial charge in [0.2, 0.25) is 0 Å². The molecule has 7 aromatic rings. The summed E-state index contributed by atoms with van der Waals surface area (Å²) in [5.74, 6) is 0.737. The summed E-state index contributed by atoms with van der Waals surface area (Å²) in [5.41, 5.74) is 5.12. The van der Waals surface area contributed by atoms with Gasteiger partial charge in [0.25, 0.3) is 0 Å². The van der Waals surface area contributed by atoms with E-state index in [1.54, 1.807) is 7.11 Å². The Morgan fingerprint density at radius 2 is 0.844 bits per heavy atom. The summed E-state index contributed by atoms with van der Waals surface area (Å²) in [6.07, 6.45) is 5.89. The number of methoxy groups -OCH3 is 1. The molecule has 0 aliphatic heterocycles. The Bertz CT molecular complexity index is 1770. The number of hydrogen-bond donors (Lipinski definition) is 0. The summed E-state index contributed by atoms with van der Waals surface area (Å²) in [7, 11) is 1.65. The fraction of sp³-hybridized carbons (Fsp3) is 0.143. The molecule has 3 heterocycles. The zero-order chi connectivity index (χ0) is 30.5. The highest BCUT2D eigenvalue weighted by atomic mass is 16.5. The van der Waals surface area contributed by atoms with Crippen molar-refractivity contribution in [1.29, 1.82) is 0 Å². The highest BCUT2D eigenvalue weighted by Crippen LogP contribution is 2.43. The monoisotopic (exact) mass is 593 g/mol. The van der Waals surface area contributed by atoms with Gasteiger partial charge >= 0.3 is 0 Å². The van der Waals surface area contributed by atoms with Crippen LogP contribution in [0.2, 0.25) is 0 Å². The minimum Gasteiger partial charge on any atom is -0.497 e. The van der Waals surface area contributed by atoms with Crippen molar-refractivity contribution in [3.8, 4) is 5.75 Å². The molecule has 0 bridgehead atoms. The molecule has 0 atom stereocenters. The second-order valence-corrected chi connectivity index (χ2v) is 10.8. The molecule has 0 fully saturated rings. The fourth-order valence-electron chi connectivity index (χ4n) is 5.63. The molecule has 7 rings (SSSR count). The number of hydrogen-bond acceptors (Lipinski definition) is 7. The molecular formula is C35H31N9O. The Balaban J connectivity index is 1.39. The number of aromatic nitrogens is 9. The summed E-state index contributed by atoms with van der Waals surface area (Å²) in [6.45, 7) is 1.69. The van der Waals surface area contributed by atoms with Gasteiger partial charge in [0.1, 0.15) is 28.2 Å². The van der Waals surface area contributed by atoms with Crippen LogP contribution in [0, 0.1) is 0 Å². The van der Waals surface area contributed by atoms with Gasteiger partial charge < -0.3 is 4.74 Å². The van der Waals surface area contributed by atoms with Gasteiger partial charge in [-0.2, -0.15) is 0 Å². The van der Waals surface area contributed by atoms with E-state index in [0.29, 0.717) is 36.7 Å². The van der Waals surface area contributed by atoms with Crippen LogP contribution >= 0.6 is 0 Å². The third kappa shape index (κ3) is 5.73. The first-order valence-electron chi connectivity index (χ1n) is 14.7. The van der Waals surface area contributed by atoms with E-state index < -0.39 is 5.41 Å². The smallest absolute Gasteiger partial charge is 0.132 e. The predicted molar refractivity (Wildman–Crippen MR) is 169 cm³/mol. The standard InChI is InChI=1S/C35H31N9O/c1-45-31-19-17-30(18-20-31)35(32-24-42(39-36-32)21-27-11-5-2-6-12-27,33-25-43(40-37-33)22-28-13-7-3-8-14-28)34-26-44(41-38-34)23-29-15-9-4-10-16-29/h2-20,24-26H,21-23H2,1H3. The highest BCUT2D eigenvalue weighted by Gasteiger charge is 2.46. The molecule has 0 amide bonds. The molecule has 0 aliphatic carbocycles. The Morgan fingerprint density at radius 1 is 0.489 bits per heavy atom. The lowest BCUT2D eigenvalue weighted by Gasteiger charge is -2.28. The molecule has 0 spiro atoms. The van der Waals surface area contributed by atoms with E-state index in [4.69, 9.17) is 20.0 Å². The van der Waals surface area contributed by atoms with Crippen LogP contribution in [-0.2, 0) is 25.0 Å². The fourth-order valence-corrected chi connectivity index (χ4v) is 5.63. The molecule has 0 N–H and O–H groups in total. The van der Waals surface area contributed by atoms with E-state index in [9.17, 15) is 0 Å².